The van der Waals surface area contributed by atoms with Gasteiger partial charge in [0.2, 0.25) is 0 Å². The number of methoxy groups -OCH3 is 3. The van der Waals surface area contributed by atoms with Crippen LogP contribution in [0.25, 0.3) is 0 Å². The van der Waals surface area contributed by atoms with Crippen molar-refractivity contribution in [1.82, 2.24) is 5.32 Å². The number of hydrogen-bond donors (Lipinski definition) is 2. The van der Waals surface area contributed by atoms with E-state index in [1.54, 1.807) is 21.3 Å². The van der Waals surface area contributed by atoms with Crippen molar-refractivity contribution in [2.45, 2.75) is 19.4 Å². The molecule has 3 N–H and O–H groups in total. The number of benzene rings is 1. The summed E-state index contributed by atoms with van der Waals surface area (Å²) < 4.78 is 20.8. The molecule has 0 atom stereocenters. The van der Waals surface area contributed by atoms with Crippen LogP contribution in [-0.4, -0.2) is 53.7 Å². The lowest BCUT2D eigenvalue weighted by Gasteiger charge is -2.09. The Bertz CT molecular complexity index is 495. The smallest absolute Gasteiger partial charge is 0.188 e. The Hall–Kier alpha value is -1.99. The van der Waals surface area contributed by atoms with Crippen molar-refractivity contribution in [1.29, 1.82) is 0 Å². The van der Waals surface area contributed by atoms with Crippen LogP contribution in [0.5, 0.6) is 11.5 Å². The Balaban J connectivity index is 2.24. The highest BCUT2D eigenvalue weighted by atomic mass is 16.5. The maximum atomic E-state index is 5.86. The summed E-state index contributed by atoms with van der Waals surface area (Å²) in [6, 6.07) is 5.69. The number of aliphatic imine (C=N–C) groups is 1. The van der Waals surface area contributed by atoms with E-state index in [2.05, 4.69) is 10.3 Å². The van der Waals surface area contributed by atoms with Gasteiger partial charge in [0.25, 0.3) is 0 Å². The first-order valence-corrected chi connectivity index (χ1v) is 8.02. The van der Waals surface area contributed by atoms with E-state index in [9.17, 15) is 0 Å². The third kappa shape index (κ3) is 8.03. The minimum Gasteiger partial charge on any atom is -0.493 e. The summed E-state index contributed by atoms with van der Waals surface area (Å²) in [6.07, 6.45) is 1.94. The average Bonchev–Trinajstić information content (AvgIpc) is 2.61. The molecule has 0 bridgehead atoms. The van der Waals surface area contributed by atoms with Crippen LogP contribution >= 0.6 is 0 Å². The summed E-state index contributed by atoms with van der Waals surface area (Å²) in [6.45, 7) is 3.26. The molecule has 0 unspecified atom stereocenters. The van der Waals surface area contributed by atoms with E-state index in [4.69, 9.17) is 24.7 Å². The van der Waals surface area contributed by atoms with E-state index in [1.807, 2.05) is 18.2 Å². The summed E-state index contributed by atoms with van der Waals surface area (Å²) in [7, 11) is 4.89. The van der Waals surface area contributed by atoms with E-state index in [0.717, 1.165) is 31.6 Å². The third-order valence-corrected chi connectivity index (χ3v) is 3.33. The highest BCUT2D eigenvalue weighted by Gasteiger charge is 2.04. The van der Waals surface area contributed by atoms with Crippen molar-refractivity contribution in [3.8, 4) is 11.5 Å². The van der Waals surface area contributed by atoms with Gasteiger partial charge in [-0.2, -0.15) is 0 Å². The van der Waals surface area contributed by atoms with Gasteiger partial charge in [0.1, 0.15) is 0 Å². The molecule has 0 saturated carbocycles. The largest absolute Gasteiger partial charge is 0.493 e. The van der Waals surface area contributed by atoms with Crippen LogP contribution in [0.4, 0.5) is 0 Å². The molecule has 1 aromatic rings. The lowest BCUT2D eigenvalue weighted by atomic mass is 10.2. The maximum Gasteiger partial charge on any atom is 0.188 e. The lowest BCUT2D eigenvalue weighted by molar-refractivity contribution is 0.0689. The minimum atomic E-state index is 0.435. The minimum absolute atomic E-state index is 0.435. The fourth-order valence-electron chi connectivity index (χ4n) is 2.00. The number of ether oxygens (including phenoxy) is 4. The lowest BCUT2D eigenvalue weighted by Crippen LogP contribution is -2.32. The van der Waals surface area contributed by atoms with Crippen molar-refractivity contribution >= 4 is 5.96 Å². The van der Waals surface area contributed by atoms with Gasteiger partial charge in [0.15, 0.2) is 17.5 Å². The number of nitrogens with one attached hydrogen (secondary N) is 1. The maximum absolute atomic E-state index is 5.86. The second-order valence-corrected chi connectivity index (χ2v) is 5.13. The van der Waals surface area contributed by atoms with Crippen LogP contribution in [-0.2, 0) is 16.0 Å². The summed E-state index contributed by atoms with van der Waals surface area (Å²) in [5.41, 5.74) is 6.87. The molecule has 24 heavy (non-hydrogen) atoms. The molecule has 0 amide bonds. The second-order valence-electron chi connectivity index (χ2n) is 5.13. The molecule has 7 heteroatoms. The number of unbranched alkanes of at least 4 members (excludes halogenated alkanes) is 1. The molecule has 7 nitrogen and oxygen atoms in total. The molecular formula is C17H29N3O4. The Labute approximate surface area is 144 Å². The molecule has 0 aromatic heterocycles. The fraction of sp³-hybridized carbons (Fsp3) is 0.588. The van der Waals surface area contributed by atoms with Crippen LogP contribution in [0.1, 0.15) is 18.4 Å². The van der Waals surface area contributed by atoms with E-state index >= 15 is 0 Å². The van der Waals surface area contributed by atoms with Gasteiger partial charge in [-0.15, -0.1) is 0 Å². The standard InChI is InChI=1S/C17H29N3O4/c1-21-10-11-24-9-5-4-8-19-17(18)20-13-14-6-7-15(22-2)16(12-14)23-3/h6-7,12H,4-5,8-11,13H2,1-3H3,(H3,18,19,20). The molecule has 0 heterocycles. The Morgan fingerprint density at radius 3 is 2.54 bits per heavy atom. The molecule has 0 fully saturated rings. The molecule has 1 rings (SSSR count). The van der Waals surface area contributed by atoms with Crippen molar-refractivity contribution in [2.24, 2.45) is 10.7 Å². The van der Waals surface area contributed by atoms with Gasteiger partial charge in [-0.25, -0.2) is 4.99 Å². The molecule has 136 valence electrons. The quantitative estimate of drug-likeness (QED) is 0.341. The highest BCUT2D eigenvalue weighted by Crippen LogP contribution is 2.27. The third-order valence-electron chi connectivity index (χ3n) is 3.33. The molecule has 0 saturated heterocycles. The van der Waals surface area contributed by atoms with Gasteiger partial charge in [0, 0.05) is 20.3 Å². The van der Waals surface area contributed by atoms with E-state index < -0.39 is 0 Å². The average molecular weight is 339 g/mol. The molecule has 0 aliphatic rings. The zero-order valence-corrected chi connectivity index (χ0v) is 14.8. The molecular weight excluding hydrogens is 310 g/mol. The molecule has 0 aliphatic heterocycles. The van der Waals surface area contributed by atoms with Gasteiger partial charge in [0.05, 0.1) is 34.0 Å². The van der Waals surface area contributed by atoms with E-state index in [0.29, 0.717) is 37.2 Å². The normalized spacial score (nSPS) is 11.4. The second kappa shape index (κ2) is 12.4. The zero-order chi connectivity index (χ0) is 17.6. The van der Waals surface area contributed by atoms with Crippen LogP contribution in [0.15, 0.2) is 23.2 Å². The number of nitrogens with zero attached hydrogens (tertiary/aromatic N) is 1. The van der Waals surface area contributed by atoms with Gasteiger partial charge in [-0.05, 0) is 30.5 Å². The van der Waals surface area contributed by atoms with Crippen molar-refractivity contribution in [2.75, 3.05) is 47.7 Å². The van der Waals surface area contributed by atoms with E-state index in [1.165, 1.54) is 0 Å². The first-order chi connectivity index (χ1) is 11.7. The topological polar surface area (TPSA) is 87.3 Å². The summed E-state index contributed by atoms with van der Waals surface area (Å²) in [5, 5.41) is 3.10. The van der Waals surface area contributed by atoms with Crippen molar-refractivity contribution in [3.63, 3.8) is 0 Å². The van der Waals surface area contributed by atoms with Gasteiger partial charge < -0.3 is 30.0 Å². The fourth-order valence-corrected chi connectivity index (χ4v) is 2.00. The number of guanidine groups is 1. The monoisotopic (exact) mass is 339 g/mol. The molecule has 0 radical (unpaired) electrons. The molecule has 1 aromatic carbocycles. The molecule has 0 aliphatic carbocycles. The SMILES string of the molecule is COCCOCCCCNC(N)=NCc1ccc(OC)c(OC)c1. The highest BCUT2D eigenvalue weighted by molar-refractivity contribution is 5.77. The van der Waals surface area contributed by atoms with Crippen molar-refractivity contribution in [3.05, 3.63) is 23.8 Å². The molecule has 0 spiro atoms. The van der Waals surface area contributed by atoms with Crippen LogP contribution in [0, 0.1) is 0 Å². The summed E-state index contributed by atoms with van der Waals surface area (Å²) >= 11 is 0. The predicted molar refractivity (Wildman–Crippen MR) is 94.8 cm³/mol. The van der Waals surface area contributed by atoms with Crippen LogP contribution < -0.4 is 20.5 Å². The summed E-state index contributed by atoms with van der Waals surface area (Å²) in [4.78, 5) is 4.32. The van der Waals surface area contributed by atoms with E-state index in [-0.39, 0.29) is 0 Å². The van der Waals surface area contributed by atoms with Crippen LogP contribution in [0.2, 0.25) is 0 Å². The number of nitrogens with two attached hydrogens (primary N) is 1. The number of hydrogen-bond acceptors (Lipinski definition) is 5. The number of rotatable bonds is 12. The summed E-state index contributed by atoms with van der Waals surface area (Å²) in [5.74, 6) is 1.82. The van der Waals surface area contributed by atoms with Gasteiger partial charge >= 0.3 is 0 Å². The predicted octanol–water partition coefficient (Wildman–Crippen LogP) is 1.55. The van der Waals surface area contributed by atoms with Gasteiger partial charge in [-0.1, -0.05) is 6.07 Å². The van der Waals surface area contributed by atoms with Crippen molar-refractivity contribution < 1.29 is 18.9 Å². The Morgan fingerprint density at radius 2 is 1.83 bits per heavy atom. The zero-order valence-electron chi connectivity index (χ0n) is 14.8. The van der Waals surface area contributed by atoms with Gasteiger partial charge in [-0.3, -0.25) is 0 Å². The Morgan fingerprint density at radius 1 is 1.04 bits per heavy atom. The Kier molecular flexibility index (Phi) is 10.4. The first kappa shape index (κ1) is 20.1. The van der Waals surface area contributed by atoms with Crippen LogP contribution in [0.3, 0.4) is 0 Å². The first-order valence-electron chi connectivity index (χ1n) is 8.02.